The van der Waals surface area contributed by atoms with E-state index >= 15 is 0 Å². The summed E-state index contributed by atoms with van der Waals surface area (Å²) in [6, 6.07) is 2.68. The van der Waals surface area contributed by atoms with Gasteiger partial charge < -0.3 is 9.72 Å². The second-order valence-electron chi connectivity index (χ2n) is 4.02. The smallest absolute Gasteiger partial charge is 0.311 e. The van der Waals surface area contributed by atoms with Crippen LogP contribution in [0.2, 0.25) is 0 Å². The number of carbonyl (C=O) groups is 2. The molecule has 8 heteroatoms. The number of hydrogen-bond acceptors (Lipinski definition) is 6. The topological polar surface area (TPSA) is 101 Å². The average Bonchev–Trinajstić information content (AvgIpc) is 2.86. The molecule has 1 amide bonds. The summed E-state index contributed by atoms with van der Waals surface area (Å²) in [7, 11) is 0. The highest BCUT2D eigenvalue weighted by atomic mass is 32.1. The summed E-state index contributed by atoms with van der Waals surface area (Å²) in [5.74, 6) is -0.746. The van der Waals surface area contributed by atoms with Gasteiger partial charge in [0, 0.05) is 17.6 Å². The number of aromatic nitrogens is 2. The highest BCUT2D eigenvalue weighted by Gasteiger charge is 2.11. The van der Waals surface area contributed by atoms with Gasteiger partial charge in [0.05, 0.1) is 24.3 Å². The van der Waals surface area contributed by atoms with Gasteiger partial charge in [0.15, 0.2) is 5.13 Å². The van der Waals surface area contributed by atoms with Gasteiger partial charge in [0.25, 0.3) is 5.91 Å². The Balaban J connectivity index is 1.98. The van der Waals surface area contributed by atoms with E-state index in [2.05, 4.69) is 15.3 Å². The van der Waals surface area contributed by atoms with Crippen molar-refractivity contribution in [1.29, 1.82) is 0 Å². The summed E-state index contributed by atoms with van der Waals surface area (Å²) in [5.41, 5.74) is 0.574. The molecule has 0 saturated carbocycles. The molecule has 0 aromatic carbocycles. The minimum atomic E-state index is -0.386. The number of hydrogen-bond donors (Lipinski definition) is 2. The fourth-order valence-electron chi connectivity index (χ4n) is 1.53. The lowest BCUT2D eigenvalue weighted by atomic mass is 10.3. The molecule has 0 spiro atoms. The third kappa shape index (κ3) is 4.25. The lowest BCUT2D eigenvalue weighted by molar-refractivity contribution is -0.142. The van der Waals surface area contributed by atoms with Crippen LogP contribution in [-0.2, 0) is 16.0 Å². The second-order valence-corrected chi connectivity index (χ2v) is 4.88. The van der Waals surface area contributed by atoms with E-state index in [1.54, 1.807) is 12.3 Å². The predicted molar refractivity (Wildman–Crippen MR) is 77.5 cm³/mol. The van der Waals surface area contributed by atoms with Crippen LogP contribution in [0, 0.1) is 0 Å². The number of carbonyl (C=O) groups excluding carboxylic acids is 2. The first-order chi connectivity index (χ1) is 10.1. The summed E-state index contributed by atoms with van der Waals surface area (Å²) < 4.78 is 4.82. The molecule has 0 bridgehead atoms. The van der Waals surface area contributed by atoms with Crippen molar-refractivity contribution in [2.24, 2.45) is 0 Å². The molecule has 0 saturated heterocycles. The number of pyridine rings is 1. The van der Waals surface area contributed by atoms with E-state index < -0.39 is 0 Å². The molecule has 0 fully saturated rings. The van der Waals surface area contributed by atoms with Crippen LogP contribution < -0.4 is 10.9 Å². The molecule has 2 aromatic heterocycles. The predicted octanol–water partition coefficient (Wildman–Crippen LogP) is 1.19. The Kier molecular flexibility index (Phi) is 4.83. The number of amides is 1. The number of H-pyrrole nitrogens is 1. The third-order valence-electron chi connectivity index (χ3n) is 2.45. The zero-order chi connectivity index (χ0) is 15.2. The Labute approximate surface area is 124 Å². The molecule has 2 heterocycles. The molecule has 0 aliphatic carbocycles. The normalized spacial score (nSPS) is 10.1. The van der Waals surface area contributed by atoms with Crippen LogP contribution in [0.4, 0.5) is 5.13 Å². The Morgan fingerprint density at radius 2 is 2.24 bits per heavy atom. The highest BCUT2D eigenvalue weighted by Crippen LogP contribution is 2.17. The van der Waals surface area contributed by atoms with Crippen molar-refractivity contribution in [3.05, 3.63) is 45.3 Å². The summed E-state index contributed by atoms with van der Waals surface area (Å²) in [5, 5.41) is 4.66. The van der Waals surface area contributed by atoms with Crippen molar-refractivity contribution in [3.8, 4) is 0 Å². The van der Waals surface area contributed by atoms with Crippen LogP contribution in [0.25, 0.3) is 0 Å². The average molecular weight is 307 g/mol. The van der Waals surface area contributed by atoms with Crippen molar-refractivity contribution in [2.45, 2.75) is 13.3 Å². The quantitative estimate of drug-likeness (QED) is 0.808. The van der Waals surface area contributed by atoms with Crippen LogP contribution in [-0.4, -0.2) is 28.5 Å². The van der Waals surface area contributed by atoms with Crippen LogP contribution in [0.1, 0.15) is 23.0 Å². The van der Waals surface area contributed by atoms with Crippen LogP contribution in [0.3, 0.4) is 0 Å². The number of nitrogens with one attached hydrogen (secondary N) is 2. The molecule has 0 unspecified atom stereocenters. The lowest BCUT2D eigenvalue weighted by Crippen LogP contribution is -2.14. The fourth-order valence-corrected chi connectivity index (χ4v) is 2.23. The largest absolute Gasteiger partial charge is 0.466 e. The Morgan fingerprint density at radius 3 is 2.90 bits per heavy atom. The van der Waals surface area contributed by atoms with Crippen LogP contribution in [0.15, 0.2) is 28.5 Å². The van der Waals surface area contributed by atoms with Gasteiger partial charge in [0.2, 0.25) is 5.56 Å². The standard InChI is InChI=1S/C13H13N3O4S/c1-2-20-11(18)5-9-7-21-13(15-9)16-12(19)8-3-4-10(17)14-6-8/h3-4,6-7H,2,5H2,1H3,(H,14,17)(H,15,16,19). The Bertz CT molecular complexity index is 687. The molecule has 0 atom stereocenters. The molecule has 2 aromatic rings. The van der Waals surface area contributed by atoms with Gasteiger partial charge in [-0.25, -0.2) is 4.98 Å². The van der Waals surface area contributed by atoms with E-state index in [1.807, 2.05) is 0 Å². The van der Waals surface area contributed by atoms with Gasteiger partial charge in [-0.1, -0.05) is 0 Å². The minimum Gasteiger partial charge on any atom is -0.466 e. The van der Waals surface area contributed by atoms with Crippen molar-refractivity contribution in [3.63, 3.8) is 0 Å². The maximum Gasteiger partial charge on any atom is 0.311 e. The lowest BCUT2D eigenvalue weighted by Gasteiger charge is -2.01. The van der Waals surface area contributed by atoms with Gasteiger partial charge in [-0.3, -0.25) is 19.7 Å². The SMILES string of the molecule is CCOC(=O)Cc1csc(NC(=O)c2ccc(=O)[nH]c2)n1. The molecule has 2 N–H and O–H groups in total. The van der Waals surface area contributed by atoms with Crippen molar-refractivity contribution >= 4 is 28.3 Å². The molecule has 0 aliphatic rings. The van der Waals surface area contributed by atoms with E-state index in [0.717, 1.165) is 0 Å². The monoisotopic (exact) mass is 307 g/mol. The Morgan fingerprint density at radius 1 is 1.43 bits per heavy atom. The summed E-state index contributed by atoms with van der Waals surface area (Å²) in [6.45, 7) is 2.05. The first-order valence-electron chi connectivity index (χ1n) is 6.18. The second kappa shape index (κ2) is 6.80. The van der Waals surface area contributed by atoms with Crippen LogP contribution >= 0.6 is 11.3 Å². The summed E-state index contributed by atoms with van der Waals surface area (Å²) in [6.07, 6.45) is 1.39. The first-order valence-corrected chi connectivity index (χ1v) is 7.06. The van der Waals surface area contributed by atoms with Gasteiger partial charge in [-0.2, -0.15) is 0 Å². The Hall–Kier alpha value is -2.48. The number of aromatic amines is 1. The van der Waals surface area contributed by atoms with Gasteiger partial charge in [-0.15, -0.1) is 11.3 Å². The van der Waals surface area contributed by atoms with Gasteiger partial charge in [0.1, 0.15) is 0 Å². The molecule has 2 rings (SSSR count). The molecular weight excluding hydrogens is 294 g/mol. The van der Waals surface area contributed by atoms with E-state index in [-0.39, 0.29) is 23.9 Å². The number of esters is 1. The third-order valence-corrected chi connectivity index (χ3v) is 3.26. The zero-order valence-electron chi connectivity index (χ0n) is 11.2. The van der Waals surface area contributed by atoms with Crippen molar-refractivity contribution in [2.75, 3.05) is 11.9 Å². The number of nitrogens with zero attached hydrogens (tertiary/aromatic N) is 1. The summed E-state index contributed by atoms with van der Waals surface area (Å²) in [4.78, 5) is 40.7. The fraction of sp³-hybridized carbons (Fsp3) is 0.231. The molecule has 0 radical (unpaired) electrons. The number of thiazole rings is 1. The van der Waals surface area contributed by atoms with Crippen molar-refractivity contribution < 1.29 is 14.3 Å². The number of rotatable bonds is 5. The maximum absolute atomic E-state index is 11.9. The van der Waals surface area contributed by atoms with E-state index in [4.69, 9.17) is 4.74 Å². The molecular formula is C13H13N3O4S. The maximum atomic E-state index is 11.9. The van der Waals surface area contributed by atoms with Crippen LogP contribution in [0.5, 0.6) is 0 Å². The van der Waals surface area contributed by atoms with E-state index in [0.29, 0.717) is 23.0 Å². The van der Waals surface area contributed by atoms with E-state index in [9.17, 15) is 14.4 Å². The molecule has 110 valence electrons. The zero-order valence-corrected chi connectivity index (χ0v) is 12.0. The first kappa shape index (κ1) is 14.9. The minimum absolute atomic E-state index is 0.0683. The summed E-state index contributed by atoms with van der Waals surface area (Å²) >= 11 is 1.21. The number of anilines is 1. The molecule has 7 nitrogen and oxygen atoms in total. The van der Waals surface area contributed by atoms with Gasteiger partial charge >= 0.3 is 5.97 Å². The molecule has 0 aliphatic heterocycles. The highest BCUT2D eigenvalue weighted by molar-refractivity contribution is 7.14. The number of ether oxygens (including phenoxy) is 1. The van der Waals surface area contributed by atoms with Gasteiger partial charge in [-0.05, 0) is 13.0 Å². The van der Waals surface area contributed by atoms with Crippen molar-refractivity contribution in [1.82, 2.24) is 9.97 Å². The van der Waals surface area contributed by atoms with E-state index in [1.165, 1.54) is 29.7 Å². The molecule has 21 heavy (non-hydrogen) atoms.